The minimum absolute atomic E-state index is 0.255. The zero-order chi connectivity index (χ0) is 14.7. The summed E-state index contributed by atoms with van der Waals surface area (Å²) in [6.45, 7) is 6.77. The fraction of sp³-hybridized carbons (Fsp3) is 0.400. The molecular formula is C15H19N3OS. The highest BCUT2D eigenvalue weighted by molar-refractivity contribution is 7.17. The van der Waals surface area contributed by atoms with Crippen molar-refractivity contribution in [2.45, 2.75) is 33.2 Å². The molecule has 2 aromatic heterocycles. The zero-order valence-electron chi connectivity index (χ0n) is 12.3. The van der Waals surface area contributed by atoms with E-state index in [1.165, 1.54) is 11.3 Å². The summed E-state index contributed by atoms with van der Waals surface area (Å²) >= 11 is 1.44. The number of aryl methyl sites for hydroxylation is 1. The summed E-state index contributed by atoms with van der Waals surface area (Å²) in [5.41, 5.74) is 2.89. The van der Waals surface area contributed by atoms with Gasteiger partial charge in [-0.3, -0.25) is 9.78 Å². The van der Waals surface area contributed by atoms with Gasteiger partial charge in [0.2, 0.25) is 0 Å². The van der Waals surface area contributed by atoms with Crippen molar-refractivity contribution in [3.05, 3.63) is 40.2 Å². The summed E-state index contributed by atoms with van der Waals surface area (Å²) in [4.78, 5) is 22.9. The molecule has 2 aromatic rings. The van der Waals surface area contributed by atoms with Crippen LogP contribution in [0.4, 0.5) is 5.13 Å². The molecule has 0 aliphatic heterocycles. The average molecular weight is 289 g/mol. The first-order chi connectivity index (χ1) is 9.51. The molecule has 0 atom stereocenters. The van der Waals surface area contributed by atoms with Crippen molar-refractivity contribution in [3.63, 3.8) is 0 Å². The first kappa shape index (κ1) is 14.7. The molecule has 0 aliphatic carbocycles. The van der Waals surface area contributed by atoms with Crippen molar-refractivity contribution in [2.75, 3.05) is 11.9 Å². The molecule has 106 valence electrons. The van der Waals surface area contributed by atoms with Gasteiger partial charge in [0.15, 0.2) is 11.4 Å². The number of pyridine rings is 1. The van der Waals surface area contributed by atoms with E-state index in [-0.39, 0.29) is 5.92 Å². The predicted octanol–water partition coefficient (Wildman–Crippen LogP) is 3.42. The van der Waals surface area contributed by atoms with Gasteiger partial charge in [0, 0.05) is 12.7 Å². The third kappa shape index (κ3) is 3.22. The van der Waals surface area contributed by atoms with Crippen LogP contribution in [0.3, 0.4) is 0 Å². The molecule has 0 bridgehead atoms. The lowest BCUT2D eigenvalue weighted by atomic mass is 10.1. The number of anilines is 1. The molecule has 5 heteroatoms. The van der Waals surface area contributed by atoms with Gasteiger partial charge in [0.1, 0.15) is 0 Å². The normalized spacial score (nSPS) is 10.8. The van der Waals surface area contributed by atoms with E-state index in [0.29, 0.717) is 6.54 Å². The van der Waals surface area contributed by atoms with Gasteiger partial charge in [0.25, 0.3) is 0 Å². The molecule has 20 heavy (non-hydrogen) atoms. The van der Waals surface area contributed by atoms with E-state index in [1.54, 1.807) is 0 Å². The third-order valence-corrected chi connectivity index (χ3v) is 4.11. The quantitative estimate of drug-likeness (QED) is 0.791. The molecular weight excluding hydrogens is 270 g/mol. The van der Waals surface area contributed by atoms with E-state index in [1.807, 2.05) is 50.9 Å². The summed E-state index contributed by atoms with van der Waals surface area (Å²) < 4.78 is 0. The predicted molar refractivity (Wildman–Crippen MR) is 82.7 cm³/mol. The van der Waals surface area contributed by atoms with Gasteiger partial charge < -0.3 is 4.90 Å². The second kappa shape index (κ2) is 6.13. The minimum atomic E-state index is 0.255. The molecule has 0 saturated carbocycles. The third-order valence-electron chi connectivity index (χ3n) is 3.00. The summed E-state index contributed by atoms with van der Waals surface area (Å²) in [7, 11) is 1.97. The molecule has 0 fully saturated rings. The van der Waals surface area contributed by atoms with Gasteiger partial charge in [-0.2, -0.15) is 0 Å². The number of hydrogen-bond acceptors (Lipinski definition) is 5. The number of thiazole rings is 1. The van der Waals surface area contributed by atoms with E-state index in [2.05, 4.69) is 9.97 Å². The number of aromatic nitrogens is 2. The molecule has 0 radical (unpaired) electrons. The minimum Gasteiger partial charge on any atom is -0.345 e. The first-order valence-corrected chi connectivity index (χ1v) is 7.42. The van der Waals surface area contributed by atoms with Gasteiger partial charge in [-0.05, 0) is 25.0 Å². The van der Waals surface area contributed by atoms with Gasteiger partial charge in [-0.25, -0.2) is 4.98 Å². The summed E-state index contributed by atoms with van der Waals surface area (Å²) in [6, 6.07) is 5.99. The van der Waals surface area contributed by atoms with Crippen LogP contribution in [0.2, 0.25) is 0 Å². The van der Waals surface area contributed by atoms with Crippen LogP contribution in [-0.2, 0) is 6.54 Å². The Kier molecular flexibility index (Phi) is 4.49. The largest absolute Gasteiger partial charge is 0.345 e. The SMILES string of the molecule is Cc1cccc(CN(C)c2nc(C(C)C)c(C=O)s2)n1. The zero-order valence-corrected chi connectivity index (χ0v) is 13.1. The van der Waals surface area contributed by atoms with Crippen molar-refractivity contribution in [1.82, 2.24) is 9.97 Å². The Morgan fingerprint density at radius 3 is 2.65 bits per heavy atom. The maximum absolute atomic E-state index is 11.1. The molecule has 0 amide bonds. The van der Waals surface area contributed by atoms with Crippen LogP contribution < -0.4 is 4.90 Å². The number of carbonyl (C=O) groups is 1. The molecule has 0 N–H and O–H groups in total. The second-order valence-corrected chi connectivity index (χ2v) is 6.15. The van der Waals surface area contributed by atoms with Crippen LogP contribution >= 0.6 is 11.3 Å². The molecule has 0 saturated heterocycles. The molecule has 0 aliphatic rings. The van der Waals surface area contributed by atoms with E-state index in [9.17, 15) is 4.79 Å². The highest BCUT2D eigenvalue weighted by atomic mass is 32.1. The Balaban J connectivity index is 2.21. The maximum Gasteiger partial charge on any atom is 0.186 e. The van der Waals surface area contributed by atoms with Crippen LogP contribution in [-0.4, -0.2) is 23.3 Å². The van der Waals surface area contributed by atoms with E-state index in [0.717, 1.165) is 33.4 Å². The first-order valence-electron chi connectivity index (χ1n) is 6.61. The van der Waals surface area contributed by atoms with Crippen LogP contribution in [0, 0.1) is 6.92 Å². The van der Waals surface area contributed by atoms with Crippen LogP contribution in [0.25, 0.3) is 0 Å². The smallest absolute Gasteiger partial charge is 0.186 e. The second-order valence-electron chi connectivity index (χ2n) is 5.14. The standard InChI is InChI=1S/C15H19N3OS/c1-10(2)14-13(9-19)20-15(17-14)18(4)8-12-7-5-6-11(3)16-12/h5-7,9-10H,8H2,1-4H3. The van der Waals surface area contributed by atoms with E-state index < -0.39 is 0 Å². The molecule has 0 spiro atoms. The van der Waals surface area contributed by atoms with Crippen molar-refractivity contribution >= 4 is 22.8 Å². The molecule has 2 heterocycles. The summed E-state index contributed by atoms with van der Waals surface area (Å²) in [6.07, 6.45) is 0.898. The van der Waals surface area contributed by atoms with Crippen molar-refractivity contribution in [2.24, 2.45) is 0 Å². The molecule has 0 unspecified atom stereocenters. The Morgan fingerprint density at radius 2 is 2.10 bits per heavy atom. The molecule has 0 aromatic carbocycles. The Bertz CT molecular complexity index is 607. The van der Waals surface area contributed by atoms with E-state index in [4.69, 9.17) is 0 Å². The molecule has 4 nitrogen and oxygen atoms in total. The number of rotatable bonds is 5. The van der Waals surface area contributed by atoms with Crippen molar-refractivity contribution in [3.8, 4) is 0 Å². The summed E-state index contributed by atoms with van der Waals surface area (Å²) in [5.74, 6) is 0.255. The molecule has 2 rings (SSSR count). The topological polar surface area (TPSA) is 46.1 Å². The Labute approximate surface area is 123 Å². The fourth-order valence-electron chi connectivity index (χ4n) is 1.99. The summed E-state index contributed by atoms with van der Waals surface area (Å²) in [5, 5.41) is 0.860. The highest BCUT2D eigenvalue weighted by Crippen LogP contribution is 2.29. The fourth-order valence-corrected chi connectivity index (χ4v) is 2.99. The number of aldehydes is 1. The van der Waals surface area contributed by atoms with Gasteiger partial charge >= 0.3 is 0 Å². The van der Waals surface area contributed by atoms with Gasteiger partial charge in [-0.1, -0.05) is 31.3 Å². The number of carbonyl (C=O) groups excluding carboxylic acids is 1. The van der Waals surface area contributed by atoms with Crippen LogP contribution in [0.5, 0.6) is 0 Å². The average Bonchev–Trinajstić information content (AvgIpc) is 2.83. The van der Waals surface area contributed by atoms with Gasteiger partial charge in [0.05, 0.1) is 22.8 Å². The maximum atomic E-state index is 11.1. The lowest BCUT2D eigenvalue weighted by Gasteiger charge is -2.15. The Morgan fingerprint density at radius 1 is 1.35 bits per heavy atom. The lowest BCUT2D eigenvalue weighted by molar-refractivity contribution is 0.112. The number of nitrogens with zero attached hydrogens (tertiary/aromatic N) is 3. The highest BCUT2D eigenvalue weighted by Gasteiger charge is 2.16. The van der Waals surface area contributed by atoms with Crippen molar-refractivity contribution < 1.29 is 4.79 Å². The van der Waals surface area contributed by atoms with Crippen LogP contribution in [0.15, 0.2) is 18.2 Å². The lowest BCUT2D eigenvalue weighted by Crippen LogP contribution is -2.17. The van der Waals surface area contributed by atoms with E-state index >= 15 is 0 Å². The van der Waals surface area contributed by atoms with Crippen LogP contribution in [0.1, 0.15) is 46.5 Å². The van der Waals surface area contributed by atoms with Gasteiger partial charge in [-0.15, -0.1) is 0 Å². The van der Waals surface area contributed by atoms with Crippen molar-refractivity contribution in [1.29, 1.82) is 0 Å². The Hall–Kier alpha value is -1.75. The number of hydrogen-bond donors (Lipinski definition) is 0. The monoisotopic (exact) mass is 289 g/mol.